The minimum absolute atomic E-state index is 0.0387. The summed E-state index contributed by atoms with van der Waals surface area (Å²) in [5.41, 5.74) is 3.70. The third-order valence-electron chi connectivity index (χ3n) is 3.99. The first-order valence-electron chi connectivity index (χ1n) is 8.48. The summed E-state index contributed by atoms with van der Waals surface area (Å²) in [6.45, 7) is -0.183. The number of rotatable bonds is 7. The molecule has 3 aromatic rings. The van der Waals surface area contributed by atoms with Crippen molar-refractivity contribution in [3.8, 4) is 17.0 Å². The number of ether oxygens (including phenoxy) is 1. The van der Waals surface area contributed by atoms with E-state index in [1.807, 2.05) is 0 Å². The molecule has 1 N–H and O–H groups in total. The Morgan fingerprint density at radius 1 is 1.17 bits per heavy atom. The summed E-state index contributed by atoms with van der Waals surface area (Å²) in [5, 5.41) is 0. The summed E-state index contributed by atoms with van der Waals surface area (Å²) < 4.78 is 30.3. The normalized spacial score (nSPS) is 11.7. The Kier molecular flexibility index (Phi) is 6.63. The largest absolute Gasteiger partial charge is 0.497 e. The summed E-state index contributed by atoms with van der Waals surface area (Å²) in [5.74, 6) is -0.611. The zero-order valence-electron chi connectivity index (χ0n) is 15.7. The van der Waals surface area contributed by atoms with Crippen LogP contribution >= 0.6 is 0 Å². The van der Waals surface area contributed by atoms with Gasteiger partial charge in [-0.2, -0.15) is 0 Å². The number of methoxy groups -OCH3 is 1. The predicted molar refractivity (Wildman–Crippen MR) is 105 cm³/mol. The highest BCUT2D eigenvalue weighted by Gasteiger charge is 2.12. The van der Waals surface area contributed by atoms with Crippen LogP contribution < -0.4 is 10.2 Å². The molecule has 2 aromatic carbocycles. The van der Waals surface area contributed by atoms with Crippen molar-refractivity contribution in [3.63, 3.8) is 0 Å². The van der Waals surface area contributed by atoms with E-state index in [0.717, 1.165) is 5.56 Å². The minimum atomic E-state index is -1.08. The lowest BCUT2D eigenvalue weighted by molar-refractivity contribution is 0.0219. The predicted octanol–water partition coefficient (Wildman–Crippen LogP) is 2.89. The number of carbonyl (C=O) groups excluding carboxylic acids is 1. The van der Waals surface area contributed by atoms with Crippen LogP contribution in [-0.2, 0) is 22.2 Å². The van der Waals surface area contributed by atoms with Crippen LogP contribution in [0.15, 0.2) is 59.8 Å². The molecule has 150 valence electrons. The van der Waals surface area contributed by atoms with Crippen LogP contribution in [0, 0.1) is 5.82 Å². The number of hydroxylamine groups is 1. The van der Waals surface area contributed by atoms with Gasteiger partial charge in [0.05, 0.1) is 25.2 Å². The van der Waals surface area contributed by atoms with Gasteiger partial charge in [-0.3, -0.25) is 18.8 Å². The van der Waals surface area contributed by atoms with E-state index in [1.165, 1.54) is 37.7 Å². The van der Waals surface area contributed by atoms with Gasteiger partial charge in [-0.1, -0.05) is 12.1 Å². The van der Waals surface area contributed by atoms with Gasteiger partial charge in [0.1, 0.15) is 23.9 Å². The van der Waals surface area contributed by atoms with Crippen molar-refractivity contribution in [2.75, 3.05) is 13.4 Å². The molecule has 7 nitrogen and oxygen atoms in total. The molecule has 29 heavy (non-hydrogen) atoms. The molecule has 9 heteroatoms. The monoisotopic (exact) mass is 415 g/mol. The van der Waals surface area contributed by atoms with Gasteiger partial charge in [-0.25, -0.2) is 14.9 Å². The maximum Gasteiger partial charge on any atom is 0.295 e. The Bertz CT molecular complexity index is 1040. The van der Waals surface area contributed by atoms with Crippen molar-refractivity contribution in [1.82, 2.24) is 15.4 Å². The van der Waals surface area contributed by atoms with Gasteiger partial charge in [0.15, 0.2) is 0 Å². The Morgan fingerprint density at radius 3 is 2.62 bits per heavy atom. The minimum Gasteiger partial charge on any atom is -0.497 e. The summed E-state index contributed by atoms with van der Waals surface area (Å²) in [6, 6.07) is 11.2. The van der Waals surface area contributed by atoms with E-state index in [0.29, 0.717) is 16.3 Å². The Balaban J connectivity index is 1.66. The maximum absolute atomic E-state index is 13.8. The van der Waals surface area contributed by atoms with Gasteiger partial charge >= 0.3 is 0 Å². The van der Waals surface area contributed by atoms with Crippen molar-refractivity contribution in [3.05, 3.63) is 71.9 Å². The average molecular weight is 415 g/mol. The Labute approximate surface area is 169 Å². The van der Waals surface area contributed by atoms with Gasteiger partial charge in [0.25, 0.3) is 5.91 Å². The molecule has 0 fully saturated rings. The number of amides is 1. The zero-order valence-corrected chi connectivity index (χ0v) is 16.5. The summed E-state index contributed by atoms with van der Waals surface area (Å²) in [4.78, 5) is 26.4. The quantitative estimate of drug-likeness (QED) is 0.597. The third kappa shape index (κ3) is 5.21. The van der Waals surface area contributed by atoms with Crippen LogP contribution in [0.25, 0.3) is 11.3 Å². The molecule has 1 atom stereocenters. The van der Waals surface area contributed by atoms with E-state index in [4.69, 9.17) is 9.57 Å². The lowest BCUT2D eigenvalue weighted by atomic mass is 10.1. The fraction of sp³-hybridized carbons (Fsp3) is 0.150. The first kappa shape index (κ1) is 20.6. The Hall–Kier alpha value is -3.17. The number of halogens is 1. The fourth-order valence-electron chi connectivity index (χ4n) is 2.45. The smallest absolute Gasteiger partial charge is 0.295 e. The number of aromatic nitrogens is 2. The molecular weight excluding hydrogens is 397 g/mol. The molecule has 0 saturated heterocycles. The average Bonchev–Trinajstić information content (AvgIpc) is 2.75. The fourth-order valence-corrected chi connectivity index (χ4v) is 2.97. The molecule has 0 aliphatic heterocycles. The number of hydrogen-bond acceptors (Lipinski definition) is 6. The molecule has 1 amide bonds. The molecule has 1 unspecified atom stereocenters. The molecule has 0 aliphatic carbocycles. The number of carbonyl (C=O) groups is 1. The second-order valence-corrected chi connectivity index (χ2v) is 7.32. The lowest BCUT2D eigenvalue weighted by Crippen LogP contribution is -2.25. The van der Waals surface area contributed by atoms with Crippen molar-refractivity contribution in [1.29, 1.82) is 0 Å². The highest BCUT2D eigenvalue weighted by atomic mass is 32.2. The molecule has 1 aromatic heterocycles. The first-order valence-corrected chi connectivity index (χ1v) is 10.0. The second-order valence-electron chi connectivity index (χ2n) is 5.95. The van der Waals surface area contributed by atoms with Crippen molar-refractivity contribution in [2.24, 2.45) is 0 Å². The third-order valence-corrected chi connectivity index (χ3v) is 4.93. The van der Waals surface area contributed by atoms with E-state index >= 15 is 0 Å². The van der Waals surface area contributed by atoms with Crippen molar-refractivity contribution < 1.29 is 23.0 Å². The summed E-state index contributed by atoms with van der Waals surface area (Å²) in [6.07, 6.45) is 4.40. The van der Waals surface area contributed by atoms with E-state index in [-0.39, 0.29) is 17.9 Å². The van der Waals surface area contributed by atoms with Crippen molar-refractivity contribution in [2.45, 2.75) is 11.5 Å². The second kappa shape index (κ2) is 9.35. The summed E-state index contributed by atoms with van der Waals surface area (Å²) in [7, 11) is 0.392. The van der Waals surface area contributed by atoms with Gasteiger partial charge in [-0.05, 0) is 30.3 Å². The van der Waals surface area contributed by atoms with Crippen LogP contribution in [0.5, 0.6) is 5.75 Å². The van der Waals surface area contributed by atoms with Crippen LogP contribution in [0.1, 0.15) is 16.1 Å². The molecule has 1 heterocycles. The highest BCUT2D eigenvalue weighted by molar-refractivity contribution is 7.84. The maximum atomic E-state index is 13.8. The SMILES string of the molecule is COc1ccc(F)c(CONC(=O)c2cncc(-c3ccc(S(C)=O)cc3)n2)c1. The molecule has 0 bridgehead atoms. The molecule has 3 rings (SSSR count). The lowest BCUT2D eigenvalue weighted by Gasteiger charge is -2.08. The van der Waals surface area contributed by atoms with E-state index in [9.17, 15) is 13.4 Å². The zero-order chi connectivity index (χ0) is 20.8. The molecular formula is C20H18FN3O4S. The number of nitrogens with zero attached hydrogens (tertiary/aromatic N) is 2. The van der Waals surface area contributed by atoms with Crippen LogP contribution in [0.3, 0.4) is 0 Å². The van der Waals surface area contributed by atoms with Crippen molar-refractivity contribution >= 4 is 16.7 Å². The number of benzene rings is 2. The first-order chi connectivity index (χ1) is 14.0. The highest BCUT2D eigenvalue weighted by Crippen LogP contribution is 2.19. The van der Waals surface area contributed by atoms with E-state index in [2.05, 4.69) is 15.4 Å². The van der Waals surface area contributed by atoms with Gasteiger partial charge in [-0.15, -0.1) is 0 Å². The molecule has 0 aliphatic rings. The Morgan fingerprint density at radius 2 is 1.93 bits per heavy atom. The van der Waals surface area contributed by atoms with Crippen LogP contribution in [0.4, 0.5) is 4.39 Å². The topological polar surface area (TPSA) is 90.4 Å². The van der Waals surface area contributed by atoms with E-state index in [1.54, 1.807) is 30.5 Å². The van der Waals surface area contributed by atoms with E-state index < -0.39 is 22.5 Å². The number of nitrogens with one attached hydrogen (secondary N) is 1. The van der Waals surface area contributed by atoms with Crippen LogP contribution in [0.2, 0.25) is 0 Å². The number of hydrogen-bond donors (Lipinski definition) is 1. The molecule has 0 radical (unpaired) electrons. The van der Waals surface area contributed by atoms with Gasteiger partial charge < -0.3 is 4.74 Å². The molecule has 0 spiro atoms. The van der Waals surface area contributed by atoms with Gasteiger partial charge in [0.2, 0.25) is 0 Å². The van der Waals surface area contributed by atoms with Crippen LogP contribution in [-0.4, -0.2) is 33.4 Å². The van der Waals surface area contributed by atoms with Gasteiger partial charge in [0, 0.05) is 33.1 Å². The molecule has 0 saturated carbocycles. The summed E-state index contributed by atoms with van der Waals surface area (Å²) >= 11 is 0. The standard InChI is InChI=1S/C20H18FN3O4S/c1-27-15-5-8-17(21)14(9-15)12-28-24-20(25)19-11-22-10-18(23-19)13-3-6-16(7-4-13)29(2)26/h3-11H,12H2,1-2H3,(H,24,25).